The molecule has 0 heterocycles. The predicted molar refractivity (Wildman–Crippen MR) is 69.8 cm³/mol. The summed E-state index contributed by atoms with van der Waals surface area (Å²) in [4.78, 5) is 0. The molecule has 18 heavy (non-hydrogen) atoms. The van der Waals surface area contributed by atoms with Crippen LogP contribution in [0.3, 0.4) is 0 Å². The van der Waals surface area contributed by atoms with E-state index in [9.17, 15) is 5.11 Å². The number of halogens is 1. The first kappa shape index (κ1) is 12.9. The van der Waals surface area contributed by atoms with Crippen LogP contribution in [0.4, 0.5) is 0 Å². The molecular formula is C14H13ClO3. The number of benzene rings is 2. The molecular weight excluding hydrogens is 252 g/mol. The number of ether oxygens (including phenoxy) is 1. The van der Waals surface area contributed by atoms with Crippen molar-refractivity contribution in [1.82, 2.24) is 0 Å². The fraction of sp³-hybridized carbons (Fsp3) is 0.143. The standard InChI is InChI=1S/C14H13ClO3/c15-12-7-10(8-16)5-6-14(12)18-13-4-2-1-3-11(13)9-17/h1-7,16-17H,8-9H2. The maximum absolute atomic E-state index is 9.20. The first-order chi connectivity index (χ1) is 8.74. The van der Waals surface area contributed by atoms with Gasteiger partial charge in [0.2, 0.25) is 0 Å². The summed E-state index contributed by atoms with van der Waals surface area (Å²) in [6.45, 7) is -0.157. The van der Waals surface area contributed by atoms with Crippen LogP contribution in [0.2, 0.25) is 5.02 Å². The fourth-order valence-electron chi connectivity index (χ4n) is 1.58. The van der Waals surface area contributed by atoms with Crippen LogP contribution in [-0.4, -0.2) is 10.2 Å². The van der Waals surface area contributed by atoms with Gasteiger partial charge in [0.15, 0.2) is 0 Å². The average molecular weight is 265 g/mol. The maximum Gasteiger partial charge on any atom is 0.146 e. The van der Waals surface area contributed by atoms with E-state index in [-0.39, 0.29) is 13.2 Å². The molecule has 0 unspecified atom stereocenters. The molecule has 0 fully saturated rings. The van der Waals surface area contributed by atoms with Crippen molar-refractivity contribution in [2.45, 2.75) is 13.2 Å². The van der Waals surface area contributed by atoms with E-state index in [0.717, 1.165) is 5.56 Å². The Labute approximate surface area is 110 Å². The van der Waals surface area contributed by atoms with Crippen molar-refractivity contribution in [2.75, 3.05) is 0 Å². The molecule has 2 rings (SSSR count). The van der Waals surface area contributed by atoms with Crippen LogP contribution in [0.15, 0.2) is 42.5 Å². The Bertz CT molecular complexity index is 540. The number of para-hydroxylation sites is 1. The van der Waals surface area contributed by atoms with Crippen molar-refractivity contribution in [2.24, 2.45) is 0 Å². The highest BCUT2D eigenvalue weighted by molar-refractivity contribution is 6.32. The second kappa shape index (κ2) is 5.87. The third kappa shape index (κ3) is 2.82. The first-order valence-corrected chi connectivity index (χ1v) is 5.88. The van der Waals surface area contributed by atoms with Crippen LogP contribution in [0, 0.1) is 0 Å². The van der Waals surface area contributed by atoms with Gasteiger partial charge in [-0.15, -0.1) is 0 Å². The van der Waals surface area contributed by atoms with Crippen LogP contribution < -0.4 is 4.74 Å². The molecule has 3 nitrogen and oxygen atoms in total. The Kier molecular flexibility index (Phi) is 4.20. The Morgan fingerprint density at radius 1 is 0.944 bits per heavy atom. The van der Waals surface area contributed by atoms with Gasteiger partial charge < -0.3 is 14.9 Å². The van der Waals surface area contributed by atoms with Gasteiger partial charge in [-0.05, 0) is 23.8 Å². The van der Waals surface area contributed by atoms with Gasteiger partial charge in [0.1, 0.15) is 11.5 Å². The van der Waals surface area contributed by atoms with Crippen LogP contribution >= 0.6 is 11.6 Å². The second-order valence-corrected chi connectivity index (χ2v) is 4.20. The molecule has 0 saturated carbocycles. The lowest BCUT2D eigenvalue weighted by atomic mass is 10.2. The van der Waals surface area contributed by atoms with Crippen molar-refractivity contribution in [3.8, 4) is 11.5 Å². The normalized spacial score (nSPS) is 10.4. The van der Waals surface area contributed by atoms with E-state index in [1.807, 2.05) is 12.1 Å². The molecule has 2 N–H and O–H groups in total. The highest BCUT2D eigenvalue weighted by atomic mass is 35.5. The molecule has 0 spiro atoms. The monoisotopic (exact) mass is 264 g/mol. The summed E-state index contributed by atoms with van der Waals surface area (Å²) in [5.41, 5.74) is 1.42. The maximum atomic E-state index is 9.20. The third-order valence-corrected chi connectivity index (χ3v) is 2.84. The van der Waals surface area contributed by atoms with Crippen molar-refractivity contribution < 1.29 is 14.9 Å². The van der Waals surface area contributed by atoms with Gasteiger partial charge in [-0.2, -0.15) is 0 Å². The minimum absolute atomic E-state index is 0.0623. The summed E-state index contributed by atoms with van der Waals surface area (Å²) in [6, 6.07) is 12.3. The van der Waals surface area contributed by atoms with Gasteiger partial charge in [-0.25, -0.2) is 0 Å². The van der Waals surface area contributed by atoms with Crippen molar-refractivity contribution >= 4 is 11.6 Å². The lowest BCUT2D eigenvalue weighted by molar-refractivity contribution is 0.276. The minimum Gasteiger partial charge on any atom is -0.455 e. The lowest BCUT2D eigenvalue weighted by Gasteiger charge is -2.11. The highest BCUT2D eigenvalue weighted by Gasteiger charge is 2.07. The molecule has 0 amide bonds. The highest BCUT2D eigenvalue weighted by Crippen LogP contribution is 2.31. The van der Waals surface area contributed by atoms with Gasteiger partial charge >= 0.3 is 0 Å². The van der Waals surface area contributed by atoms with Crippen LogP contribution in [-0.2, 0) is 13.2 Å². The van der Waals surface area contributed by atoms with E-state index in [2.05, 4.69) is 0 Å². The summed E-state index contributed by atoms with van der Waals surface area (Å²) in [7, 11) is 0. The van der Waals surface area contributed by atoms with Crippen LogP contribution in [0.5, 0.6) is 11.5 Å². The molecule has 0 aliphatic carbocycles. The molecule has 0 aliphatic rings. The zero-order chi connectivity index (χ0) is 13.0. The Morgan fingerprint density at radius 2 is 1.72 bits per heavy atom. The second-order valence-electron chi connectivity index (χ2n) is 3.79. The van der Waals surface area contributed by atoms with Crippen molar-refractivity contribution in [3.05, 3.63) is 58.6 Å². The molecule has 0 saturated heterocycles. The third-order valence-electron chi connectivity index (χ3n) is 2.54. The van der Waals surface area contributed by atoms with Crippen LogP contribution in [0.25, 0.3) is 0 Å². The quantitative estimate of drug-likeness (QED) is 0.892. The van der Waals surface area contributed by atoms with Gasteiger partial charge in [0.25, 0.3) is 0 Å². The Hall–Kier alpha value is -1.55. The predicted octanol–water partition coefficient (Wildman–Crippen LogP) is 3.12. The lowest BCUT2D eigenvalue weighted by Crippen LogP contribution is -1.92. The smallest absolute Gasteiger partial charge is 0.146 e. The number of hydrogen-bond acceptors (Lipinski definition) is 3. The minimum atomic E-state index is -0.0947. The molecule has 0 aromatic heterocycles. The van der Waals surface area contributed by atoms with E-state index < -0.39 is 0 Å². The molecule has 0 radical (unpaired) electrons. The van der Waals surface area contributed by atoms with Gasteiger partial charge in [0.05, 0.1) is 18.2 Å². The van der Waals surface area contributed by atoms with E-state index in [1.165, 1.54) is 0 Å². The molecule has 0 aliphatic heterocycles. The molecule has 0 atom stereocenters. The van der Waals surface area contributed by atoms with Crippen molar-refractivity contribution in [1.29, 1.82) is 0 Å². The molecule has 4 heteroatoms. The summed E-state index contributed by atoms with van der Waals surface area (Å²) >= 11 is 6.05. The zero-order valence-electron chi connectivity index (χ0n) is 9.64. The SMILES string of the molecule is OCc1ccc(Oc2ccccc2CO)c(Cl)c1. The fourth-order valence-corrected chi connectivity index (χ4v) is 1.82. The van der Waals surface area contributed by atoms with E-state index in [4.69, 9.17) is 21.4 Å². The van der Waals surface area contributed by atoms with E-state index >= 15 is 0 Å². The average Bonchev–Trinajstić information content (AvgIpc) is 2.41. The summed E-state index contributed by atoms with van der Waals surface area (Å²) < 4.78 is 5.66. The van der Waals surface area contributed by atoms with Gasteiger partial charge in [-0.1, -0.05) is 35.9 Å². The largest absolute Gasteiger partial charge is 0.455 e. The van der Waals surface area contributed by atoms with Gasteiger partial charge in [0, 0.05) is 5.56 Å². The number of rotatable bonds is 4. The molecule has 2 aromatic carbocycles. The van der Waals surface area contributed by atoms with Crippen molar-refractivity contribution in [3.63, 3.8) is 0 Å². The van der Waals surface area contributed by atoms with E-state index in [1.54, 1.807) is 30.3 Å². The summed E-state index contributed by atoms with van der Waals surface area (Å²) in [5, 5.41) is 18.6. The first-order valence-electron chi connectivity index (χ1n) is 5.50. The van der Waals surface area contributed by atoms with E-state index in [0.29, 0.717) is 22.1 Å². The summed E-state index contributed by atoms with van der Waals surface area (Å²) in [6.07, 6.45) is 0. The number of aliphatic hydroxyl groups excluding tert-OH is 2. The van der Waals surface area contributed by atoms with Crippen LogP contribution in [0.1, 0.15) is 11.1 Å². The molecule has 2 aromatic rings. The Morgan fingerprint density at radius 3 is 2.39 bits per heavy atom. The molecule has 0 bridgehead atoms. The molecule has 94 valence electrons. The Balaban J connectivity index is 2.28. The zero-order valence-corrected chi connectivity index (χ0v) is 10.4. The number of hydrogen-bond donors (Lipinski definition) is 2. The van der Waals surface area contributed by atoms with Gasteiger partial charge in [-0.3, -0.25) is 0 Å². The number of aliphatic hydroxyl groups is 2. The summed E-state index contributed by atoms with van der Waals surface area (Å²) in [5.74, 6) is 1.06. The topological polar surface area (TPSA) is 49.7 Å².